The molecule has 102 valence electrons. The molecule has 0 radical (unpaired) electrons. The summed E-state index contributed by atoms with van der Waals surface area (Å²) in [6, 6.07) is 4.53. The predicted molar refractivity (Wildman–Crippen MR) is 75.9 cm³/mol. The molecule has 0 spiro atoms. The van der Waals surface area contributed by atoms with E-state index in [1.54, 1.807) is 23.0 Å². The van der Waals surface area contributed by atoms with Crippen LogP contribution in [0, 0.1) is 12.7 Å². The summed E-state index contributed by atoms with van der Waals surface area (Å²) in [5.74, 6) is 5.34. The molecule has 1 heterocycles. The molecule has 0 fully saturated rings. The van der Waals surface area contributed by atoms with Gasteiger partial charge in [-0.15, -0.1) is 0 Å². The van der Waals surface area contributed by atoms with Gasteiger partial charge in [0.15, 0.2) is 0 Å². The van der Waals surface area contributed by atoms with Crippen molar-refractivity contribution in [2.75, 3.05) is 0 Å². The molecule has 1 atom stereocenters. The highest BCUT2D eigenvalue weighted by atomic mass is 79.9. The van der Waals surface area contributed by atoms with Gasteiger partial charge in [-0.3, -0.25) is 10.5 Å². The van der Waals surface area contributed by atoms with Crippen molar-refractivity contribution in [1.29, 1.82) is 0 Å². The molecule has 0 saturated heterocycles. The van der Waals surface area contributed by atoms with Gasteiger partial charge in [0, 0.05) is 12.1 Å². The van der Waals surface area contributed by atoms with E-state index in [2.05, 4.69) is 26.5 Å². The van der Waals surface area contributed by atoms with Gasteiger partial charge in [0.2, 0.25) is 0 Å². The second-order valence-electron chi connectivity index (χ2n) is 4.32. The molecule has 1 aromatic carbocycles. The minimum absolute atomic E-state index is 0.288. The van der Waals surface area contributed by atoms with Gasteiger partial charge in [-0.05, 0) is 35.8 Å². The van der Waals surface area contributed by atoms with Crippen LogP contribution in [0.5, 0.6) is 0 Å². The fourth-order valence-electron chi connectivity index (χ4n) is 2.11. The van der Waals surface area contributed by atoms with Crippen molar-refractivity contribution in [3.63, 3.8) is 0 Å². The van der Waals surface area contributed by atoms with Gasteiger partial charge in [-0.25, -0.2) is 9.82 Å². The molecule has 0 saturated carbocycles. The van der Waals surface area contributed by atoms with Crippen LogP contribution in [-0.2, 0) is 6.54 Å². The zero-order valence-electron chi connectivity index (χ0n) is 10.8. The molecule has 2 rings (SSSR count). The fourth-order valence-corrected chi connectivity index (χ4v) is 2.64. The van der Waals surface area contributed by atoms with Crippen molar-refractivity contribution in [2.45, 2.75) is 26.4 Å². The van der Waals surface area contributed by atoms with E-state index >= 15 is 0 Å². The van der Waals surface area contributed by atoms with Crippen LogP contribution in [0.1, 0.15) is 29.8 Å². The highest BCUT2D eigenvalue weighted by molar-refractivity contribution is 9.10. The van der Waals surface area contributed by atoms with E-state index in [0.717, 1.165) is 15.7 Å². The van der Waals surface area contributed by atoms with Crippen LogP contribution in [-0.4, -0.2) is 9.78 Å². The number of hydrogen-bond donors (Lipinski definition) is 2. The lowest BCUT2D eigenvalue weighted by molar-refractivity contribution is 0.514. The van der Waals surface area contributed by atoms with Crippen molar-refractivity contribution in [1.82, 2.24) is 15.2 Å². The third-order valence-corrected chi connectivity index (χ3v) is 3.65. The van der Waals surface area contributed by atoms with Crippen molar-refractivity contribution < 1.29 is 4.39 Å². The average molecular weight is 327 g/mol. The van der Waals surface area contributed by atoms with E-state index < -0.39 is 6.04 Å². The summed E-state index contributed by atoms with van der Waals surface area (Å²) in [5.41, 5.74) is 4.98. The molecular formula is C13H16BrFN4. The number of hydrazine groups is 1. The molecule has 1 aromatic heterocycles. The van der Waals surface area contributed by atoms with Crippen molar-refractivity contribution in [3.8, 4) is 0 Å². The smallest absolute Gasteiger partial charge is 0.128 e. The Balaban J connectivity index is 2.56. The van der Waals surface area contributed by atoms with Crippen LogP contribution in [0.15, 0.2) is 28.9 Å². The largest absolute Gasteiger partial charge is 0.271 e. The number of nitrogens with two attached hydrogens (primary N) is 1. The van der Waals surface area contributed by atoms with Crippen molar-refractivity contribution in [3.05, 3.63) is 51.5 Å². The molecule has 19 heavy (non-hydrogen) atoms. The van der Waals surface area contributed by atoms with Crippen LogP contribution < -0.4 is 11.3 Å². The number of nitrogens with one attached hydrogen (secondary N) is 1. The van der Waals surface area contributed by atoms with Gasteiger partial charge < -0.3 is 0 Å². The number of halogens is 2. The number of hydrogen-bond acceptors (Lipinski definition) is 3. The molecule has 0 aliphatic heterocycles. The Morgan fingerprint density at radius 1 is 1.53 bits per heavy atom. The first-order valence-electron chi connectivity index (χ1n) is 6.01. The second kappa shape index (κ2) is 5.81. The molecule has 1 unspecified atom stereocenters. The van der Waals surface area contributed by atoms with Gasteiger partial charge in [-0.2, -0.15) is 5.10 Å². The van der Waals surface area contributed by atoms with E-state index in [1.165, 1.54) is 6.07 Å². The summed E-state index contributed by atoms with van der Waals surface area (Å²) in [4.78, 5) is 0. The quantitative estimate of drug-likeness (QED) is 0.671. The maximum atomic E-state index is 14.0. The summed E-state index contributed by atoms with van der Waals surface area (Å²) in [6.07, 6.45) is 1.69. The number of aromatic nitrogens is 2. The zero-order chi connectivity index (χ0) is 14.0. The normalized spacial score (nSPS) is 12.7. The van der Waals surface area contributed by atoms with E-state index in [0.29, 0.717) is 12.1 Å². The molecule has 0 aliphatic carbocycles. The van der Waals surface area contributed by atoms with E-state index in [1.807, 2.05) is 13.8 Å². The standard InChI is InChI=1S/C13H16BrFN4/c1-3-19-13(10(14)7-17-19)12(18-16)9-6-8(2)4-5-11(9)15/h4-7,12,18H,3,16H2,1-2H3. The molecule has 4 nitrogen and oxygen atoms in total. The molecule has 2 aromatic rings. The number of rotatable bonds is 4. The first-order valence-corrected chi connectivity index (χ1v) is 6.81. The van der Waals surface area contributed by atoms with E-state index in [9.17, 15) is 4.39 Å². The summed E-state index contributed by atoms with van der Waals surface area (Å²) in [7, 11) is 0. The van der Waals surface area contributed by atoms with Crippen LogP contribution in [0.3, 0.4) is 0 Å². The zero-order valence-corrected chi connectivity index (χ0v) is 12.4. The van der Waals surface area contributed by atoms with Gasteiger partial charge in [0.1, 0.15) is 5.82 Å². The van der Waals surface area contributed by atoms with Crippen LogP contribution >= 0.6 is 15.9 Å². The predicted octanol–water partition coefficient (Wildman–Crippen LogP) is 2.67. The van der Waals surface area contributed by atoms with Crippen LogP contribution in [0.25, 0.3) is 0 Å². The van der Waals surface area contributed by atoms with Gasteiger partial charge in [0.25, 0.3) is 0 Å². The Morgan fingerprint density at radius 2 is 2.26 bits per heavy atom. The van der Waals surface area contributed by atoms with Crippen molar-refractivity contribution >= 4 is 15.9 Å². The second-order valence-corrected chi connectivity index (χ2v) is 5.17. The Kier molecular flexibility index (Phi) is 4.34. The maximum Gasteiger partial charge on any atom is 0.128 e. The van der Waals surface area contributed by atoms with Crippen LogP contribution in [0.2, 0.25) is 0 Å². The Hall–Kier alpha value is -1.24. The monoisotopic (exact) mass is 326 g/mol. The first kappa shape index (κ1) is 14.2. The highest BCUT2D eigenvalue weighted by Crippen LogP contribution is 2.30. The molecular weight excluding hydrogens is 311 g/mol. The van der Waals surface area contributed by atoms with Gasteiger partial charge in [0.05, 0.1) is 22.4 Å². The number of nitrogens with zero attached hydrogens (tertiary/aromatic N) is 2. The minimum atomic E-state index is -0.447. The van der Waals surface area contributed by atoms with E-state index in [4.69, 9.17) is 5.84 Å². The Bertz CT molecular complexity index is 582. The Labute approximate surface area is 119 Å². The number of aryl methyl sites for hydroxylation is 2. The van der Waals surface area contributed by atoms with Gasteiger partial charge in [-0.1, -0.05) is 17.7 Å². The van der Waals surface area contributed by atoms with Gasteiger partial charge >= 0.3 is 0 Å². The lowest BCUT2D eigenvalue weighted by atomic mass is 10.0. The van der Waals surface area contributed by atoms with E-state index in [-0.39, 0.29) is 5.82 Å². The third kappa shape index (κ3) is 2.70. The number of benzene rings is 1. The average Bonchev–Trinajstić information content (AvgIpc) is 2.76. The Morgan fingerprint density at radius 3 is 2.89 bits per heavy atom. The van der Waals surface area contributed by atoms with Crippen molar-refractivity contribution in [2.24, 2.45) is 5.84 Å². The SMILES string of the molecule is CCn1ncc(Br)c1C(NN)c1cc(C)ccc1F. The molecule has 0 aliphatic rings. The first-order chi connectivity index (χ1) is 9.08. The molecule has 0 amide bonds. The van der Waals surface area contributed by atoms with Crippen LogP contribution in [0.4, 0.5) is 4.39 Å². The molecule has 3 N–H and O–H groups in total. The third-order valence-electron chi connectivity index (χ3n) is 3.04. The molecule has 6 heteroatoms. The maximum absolute atomic E-state index is 14.0. The highest BCUT2D eigenvalue weighted by Gasteiger charge is 2.23. The lowest BCUT2D eigenvalue weighted by Gasteiger charge is -2.19. The topological polar surface area (TPSA) is 55.9 Å². The summed E-state index contributed by atoms with van der Waals surface area (Å²) >= 11 is 3.44. The fraction of sp³-hybridized carbons (Fsp3) is 0.308. The molecule has 0 bridgehead atoms. The summed E-state index contributed by atoms with van der Waals surface area (Å²) in [5, 5.41) is 4.23. The summed E-state index contributed by atoms with van der Waals surface area (Å²) < 4.78 is 16.6. The minimum Gasteiger partial charge on any atom is -0.271 e. The lowest BCUT2D eigenvalue weighted by Crippen LogP contribution is -2.31. The summed E-state index contributed by atoms with van der Waals surface area (Å²) in [6.45, 7) is 4.58.